The van der Waals surface area contributed by atoms with Crippen LogP contribution in [0.4, 0.5) is 0 Å². The Kier molecular flexibility index (Phi) is 2.38. The molecule has 0 aliphatic heterocycles. The molecule has 2 aromatic heterocycles. The maximum atomic E-state index is 8.91. The summed E-state index contributed by atoms with van der Waals surface area (Å²) in [5.74, 6) is 0.899. The molecule has 0 bridgehead atoms. The fraction of sp³-hybridized carbons (Fsp3) is 0.143. The first-order valence-corrected chi connectivity index (χ1v) is 5.62. The molecule has 0 radical (unpaired) electrons. The van der Waals surface area contributed by atoms with Crippen LogP contribution in [0.3, 0.4) is 0 Å². The van der Waals surface area contributed by atoms with Gasteiger partial charge >= 0.3 is 0 Å². The minimum atomic E-state index is -0.154. The van der Waals surface area contributed by atoms with Crippen LogP contribution in [0.2, 0.25) is 0 Å². The summed E-state index contributed by atoms with van der Waals surface area (Å²) in [4.78, 5) is 4.36. The van der Waals surface area contributed by atoms with Crippen LogP contribution in [0.15, 0.2) is 45.4 Å². The quantitative estimate of drug-likeness (QED) is 0.682. The minimum absolute atomic E-state index is 0.154. The summed E-state index contributed by atoms with van der Waals surface area (Å²) in [6.07, 6.45) is 1.58. The number of nitriles is 1. The van der Waals surface area contributed by atoms with Gasteiger partial charge in [-0.3, -0.25) is 0 Å². The molecule has 0 N–H and O–H groups in total. The normalized spacial score (nSPS) is 12.4. The van der Waals surface area contributed by atoms with E-state index in [4.69, 9.17) is 14.1 Å². The molecule has 0 saturated carbocycles. The Balaban J connectivity index is 2.11. The van der Waals surface area contributed by atoms with Gasteiger partial charge in [0.05, 0.1) is 18.3 Å². The molecule has 3 aromatic rings. The van der Waals surface area contributed by atoms with Crippen LogP contribution in [0.25, 0.3) is 22.8 Å². The van der Waals surface area contributed by atoms with Crippen LogP contribution < -0.4 is 0 Å². The lowest BCUT2D eigenvalue weighted by atomic mass is 10.0. The zero-order valence-electron chi connectivity index (χ0n) is 9.75. The third kappa shape index (κ3) is 1.66. The lowest BCUT2D eigenvalue weighted by molar-refractivity contribution is 0.535. The number of furan rings is 1. The van der Waals surface area contributed by atoms with Crippen LogP contribution in [-0.2, 0) is 0 Å². The summed E-state index contributed by atoms with van der Waals surface area (Å²) in [5.41, 5.74) is 2.36. The van der Waals surface area contributed by atoms with E-state index in [2.05, 4.69) is 11.1 Å². The molecule has 1 atom stereocenters. The number of aromatic nitrogens is 1. The Morgan fingerprint density at radius 2 is 2.22 bits per heavy atom. The van der Waals surface area contributed by atoms with Crippen molar-refractivity contribution in [2.75, 3.05) is 0 Å². The van der Waals surface area contributed by atoms with Crippen molar-refractivity contribution in [2.45, 2.75) is 12.8 Å². The van der Waals surface area contributed by atoms with Gasteiger partial charge in [0.1, 0.15) is 5.52 Å². The van der Waals surface area contributed by atoms with Crippen LogP contribution in [-0.4, -0.2) is 4.98 Å². The molecule has 0 fully saturated rings. The lowest BCUT2D eigenvalue weighted by Crippen LogP contribution is -1.88. The number of nitrogens with zero attached hydrogens (tertiary/aromatic N) is 2. The highest BCUT2D eigenvalue weighted by Crippen LogP contribution is 2.26. The molecule has 0 aliphatic carbocycles. The van der Waals surface area contributed by atoms with Gasteiger partial charge in [0.15, 0.2) is 11.3 Å². The summed E-state index contributed by atoms with van der Waals surface area (Å²) in [7, 11) is 0. The SMILES string of the molecule is CC(C#N)c1ccc2oc(-c3ccco3)nc2c1. The van der Waals surface area contributed by atoms with Gasteiger partial charge in [-0.2, -0.15) is 5.26 Å². The van der Waals surface area contributed by atoms with E-state index >= 15 is 0 Å². The van der Waals surface area contributed by atoms with Crippen molar-refractivity contribution >= 4 is 11.1 Å². The van der Waals surface area contributed by atoms with Crippen molar-refractivity contribution in [2.24, 2.45) is 0 Å². The summed E-state index contributed by atoms with van der Waals surface area (Å²) in [6.45, 7) is 1.86. The van der Waals surface area contributed by atoms with E-state index in [1.165, 1.54) is 0 Å². The van der Waals surface area contributed by atoms with Gasteiger partial charge in [-0.1, -0.05) is 6.07 Å². The fourth-order valence-electron chi connectivity index (χ4n) is 1.79. The van der Waals surface area contributed by atoms with Crippen molar-refractivity contribution in [1.82, 2.24) is 4.98 Å². The number of hydrogen-bond acceptors (Lipinski definition) is 4. The minimum Gasteiger partial charge on any atom is -0.459 e. The predicted octanol–water partition coefficient (Wildman–Crippen LogP) is 3.71. The average molecular weight is 238 g/mol. The largest absolute Gasteiger partial charge is 0.459 e. The number of hydrogen-bond donors (Lipinski definition) is 0. The molecule has 3 rings (SSSR count). The Morgan fingerprint density at radius 3 is 2.94 bits per heavy atom. The molecule has 1 unspecified atom stereocenters. The van der Waals surface area contributed by atoms with Crippen molar-refractivity contribution < 1.29 is 8.83 Å². The van der Waals surface area contributed by atoms with E-state index in [1.54, 1.807) is 18.4 Å². The smallest absolute Gasteiger partial charge is 0.263 e. The second-order valence-corrected chi connectivity index (χ2v) is 4.07. The first-order valence-electron chi connectivity index (χ1n) is 5.62. The van der Waals surface area contributed by atoms with Gasteiger partial charge in [0, 0.05) is 0 Å². The highest BCUT2D eigenvalue weighted by Gasteiger charge is 2.12. The van der Waals surface area contributed by atoms with Crippen LogP contribution in [0, 0.1) is 11.3 Å². The van der Waals surface area contributed by atoms with Crippen molar-refractivity contribution in [3.05, 3.63) is 42.2 Å². The molecular weight excluding hydrogens is 228 g/mol. The molecule has 88 valence electrons. The van der Waals surface area contributed by atoms with Gasteiger partial charge in [-0.15, -0.1) is 0 Å². The van der Waals surface area contributed by atoms with Crippen LogP contribution >= 0.6 is 0 Å². The van der Waals surface area contributed by atoms with E-state index in [9.17, 15) is 0 Å². The maximum absolute atomic E-state index is 8.91. The van der Waals surface area contributed by atoms with Gasteiger partial charge in [0.2, 0.25) is 0 Å². The molecule has 4 nitrogen and oxygen atoms in total. The monoisotopic (exact) mass is 238 g/mol. The summed E-state index contributed by atoms with van der Waals surface area (Å²) >= 11 is 0. The molecule has 1 aromatic carbocycles. The molecule has 18 heavy (non-hydrogen) atoms. The highest BCUT2D eigenvalue weighted by atomic mass is 16.4. The molecular formula is C14H10N2O2. The number of fused-ring (bicyclic) bond motifs is 1. The Bertz CT molecular complexity index is 720. The van der Waals surface area contributed by atoms with E-state index in [0.717, 1.165) is 11.1 Å². The third-order valence-corrected chi connectivity index (χ3v) is 2.84. The Labute approximate surface area is 103 Å². The van der Waals surface area contributed by atoms with Gasteiger partial charge in [0.25, 0.3) is 5.89 Å². The first kappa shape index (κ1) is 10.6. The second kappa shape index (κ2) is 4.04. The van der Waals surface area contributed by atoms with E-state index in [-0.39, 0.29) is 5.92 Å². The molecule has 2 heterocycles. The highest BCUT2D eigenvalue weighted by molar-refractivity contribution is 5.76. The standard InChI is InChI=1S/C14H10N2O2/c1-9(8-15)10-4-5-12-11(7-10)16-14(18-12)13-3-2-6-17-13/h2-7,9H,1H3. The average Bonchev–Trinajstić information content (AvgIpc) is 3.04. The van der Waals surface area contributed by atoms with Crippen molar-refractivity contribution in [1.29, 1.82) is 5.26 Å². The Hall–Kier alpha value is -2.54. The molecule has 0 saturated heterocycles. The van der Waals surface area contributed by atoms with E-state index in [0.29, 0.717) is 17.2 Å². The lowest BCUT2D eigenvalue weighted by Gasteiger charge is -2.00. The first-order chi connectivity index (χ1) is 8.78. The van der Waals surface area contributed by atoms with Crippen LogP contribution in [0.1, 0.15) is 18.4 Å². The number of rotatable bonds is 2. The second-order valence-electron chi connectivity index (χ2n) is 4.07. The summed E-state index contributed by atoms with van der Waals surface area (Å²) in [5, 5.41) is 8.91. The molecule has 4 heteroatoms. The number of oxazole rings is 1. The van der Waals surface area contributed by atoms with Gasteiger partial charge in [-0.25, -0.2) is 4.98 Å². The topological polar surface area (TPSA) is 63.0 Å². The van der Waals surface area contributed by atoms with E-state index < -0.39 is 0 Å². The predicted molar refractivity (Wildman–Crippen MR) is 65.7 cm³/mol. The van der Waals surface area contributed by atoms with Gasteiger partial charge < -0.3 is 8.83 Å². The fourth-order valence-corrected chi connectivity index (χ4v) is 1.79. The molecule has 0 amide bonds. The zero-order valence-corrected chi connectivity index (χ0v) is 9.75. The van der Waals surface area contributed by atoms with E-state index in [1.807, 2.05) is 25.1 Å². The Morgan fingerprint density at radius 1 is 1.33 bits per heavy atom. The summed E-state index contributed by atoms with van der Waals surface area (Å²) in [6, 6.07) is 11.4. The zero-order chi connectivity index (χ0) is 12.5. The maximum Gasteiger partial charge on any atom is 0.263 e. The molecule has 0 aliphatic rings. The van der Waals surface area contributed by atoms with Crippen LogP contribution in [0.5, 0.6) is 0 Å². The third-order valence-electron chi connectivity index (χ3n) is 2.84. The summed E-state index contributed by atoms with van der Waals surface area (Å²) < 4.78 is 10.8. The molecule has 0 spiro atoms. The van der Waals surface area contributed by atoms with Gasteiger partial charge in [-0.05, 0) is 36.8 Å². The van der Waals surface area contributed by atoms with Crippen molar-refractivity contribution in [3.63, 3.8) is 0 Å². The number of benzene rings is 1. The van der Waals surface area contributed by atoms with Crippen molar-refractivity contribution in [3.8, 4) is 17.7 Å².